The molecule has 28 heavy (non-hydrogen) atoms. The third-order valence-corrected chi connectivity index (χ3v) is 6.02. The van der Waals surface area contributed by atoms with E-state index in [0.717, 1.165) is 35.5 Å². The second-order valence-electron chi connectivity index (χ2n) is 8.30. The van der Waals surface area contributed by atoms with Crippen LogP contribution in [-0.4, -0.2) is 36.5 Å². The molecular weight excluding hydrogens is 348 g/mol. The molecule has 0 aliphatic carbocycles. The number of rotatable bonds is 6. The second kappa shape index (κ2) is 8.36. The van der Waals surface area contributed by atoms with Gasteiger partial charge in [0.15, 0.2) is 0 Å². The summed E-state index contributed by atoms with van der Waals surface area (Å²) >= 11 is 0. The van der Waals surface area contributed by atoms with E-state index in [-0.39, 0.29) is 17.5 Å². The van der Waals surface area contributed by atoms with Crippen molar-refractivity contribution in [3.63, 3.8) is 0 Å². The summed E-state index contributed by atoms with van der Waals surface area (Å²) in [5.74, 6) is 0.774. The Balaban J connectivity index is 1.94. The highest BCUT2D eigenvalue weighted by atomic mass is 16.5. The van der Waals surface area contributed by atoms with Crippen molar-refractivity contribution in [2.24, 2.45) is 0 Å². The molecule has 1 fully saturated rings. The first-order valence-electron chi connectivity index (χ1n) is 10.1. The highest BCUT2D eigenvalue weighted by Gasteiger charge is 2.38. The maximum Gasteiger partial charge on any atom is 0.252 e. The molecule has 150 valence electrons. The average Bonchev–Trinajstić information content (AvgIpc) is 3.23. The van der Waals surface area contributed by atoms with E-state index >= 15 is 0 Å². The molecule has 0 spiro atoms. The molecule has 1 aliphatic rings. The summed E-state index contributed by atoms with van der Waals surface area (Å²) in [4.78, 5) is 15.8. The molecule has 4 nitrogen and oxygen atoms in total. The maximum absolute atomic E-state index is 13.3. The van der Waals surface area contributed by atoms with Crippen LogP contribution in [0.1, 0.15) is 59.8 Å². The number of ether oxygens (including phenoxy) is 1. The summed E-state index contributed by atoms with van der Waals surface area (Å²) in [6, 6.07) is 14.1. The number of hydrogen-bond acceptors (Lipinski definition) is 3. The van der Waals surface area contributed by atoms with Gasteiger partial charge >= 0.3 is 0 Å². The number of methoxy groups -OCH3 is 1. The van der Waals surface area contributed by atoms with Crippen LogP contribution in [0.25, 0.3) is 0 Å². The Morgan fingerprint density at radius 1 is 1.07 bits per heavy atom. The van der Waals surface area contributed by atoms with Crippen LogP contribution in [0.15, 0.2) is 42.5 Å². The molecule has 1 aliphatic heterocycles. The second-order valence-corrected chi connectivity index (χ2v) is 8.30. The highest BCUT2D eigenvalue weighted by Crippen LogP contribution is 2.34. The Labute approximate surface area is 168 Å². The zero-order valence-electron chi connectivity index (χ0n) is 17.7. The Bertz CT molecular complexity index is 824. The Kier molecular flexibility index (Phi) is 6.09. The molecule has 0 bridgehead atoms. The predicted molar refractivity (Wildman–Crippen MR) is 114 cm³/mol. The Morgan fingerprint density at radius 3 is 2.32 bits per heavy atom. The average molecular weight is 381 g/mol. The van der Waals surface area contributed by atoms with Gasteiger partial charge in [-0.15, -0.1) is 0 Å². The van der Waals surface area contributed by atoms with Crippen molar-refractivity contribution in [3.8, 4) is 5.75 Å². The van der Waals surface area contributed by atoms with Crippen molar-refractivity contribution in [2.45, 2.75) is 52.1 Å². The van der Waals surface area contributed by atoms with Gasteiger partial charge in [0.2, 0.25) is 0 Å². The quantitative estimate of drug-likeness (QED) is 0.793. The van der Waals surface area contributed by atoms with Crippen LogP contribution < -0.4 is 10.1 Å². The molecule has 1 atom stereocenters. The molecule has 2 aromatic carbocycles. The Morgan fingerprint density at radius 2 is 1.71 bits per heavy atom. The highest BCUT2D eigenvalue weighted by molar-refractivity contribution is 5.96. The minimum Gasteiger partial charge on any atom is -0.496 e. The van der Waals surface area contributed by atoms with Crippen molar-refractivity contribution in [2.75, 3.05) is 20.2 Å². The number of benzene rings is 2. The van der Waals surface area contributed by atoms with Gasteiger partial charge in [0.1, 0.15) is 5.75 Å². The lowest BCUT2D eigenvalue weighted by atomic mass is 9.86. The number of nitrogens with zero attached hydrogens (tertiary/aromatic N) is 1. The summed E-state index contributed by atoms with van der Waals surface area (Å²) in [6.45, 7) is 10.6. The number of amides is 1. The molecule has 1 saturated heterocycles. The lowest BCUT2D eigenvalue weighted by molar-refractivity contribution is 0.0778. The van der Waals surface area contributed by atoms with E-state index in [9.17, 15) is 4.79 Å². The van der Waals surface area contributed by atoms with Gasteiger partial charge in [-0.25, -0.2) is 0 Å². The number of likely N-dealkylation sites (tertiary alicyclic amines) is 1. The van der Waals surface area contributed by atoms with Crippen molar-refractivity contribution in [1.82, 2.24) is 10.2 Å². The minimum absolute atomic E-state index is 0.0376. The van der Waals surface area contributed by atoms with Gasteiger partial charge < -0.3 is 10.1 Å². The molecule has 1 heterocycles. The topological polar surface area (TPSA) is 41.6 Å². The SMILES string of the molecule is COc1cc(C)c(C(=O)NC(c2ccccc2)C(C)(C)N2CCCC2)cc1C. The van der Waals surface area contributed by atoms with E-state index in [2.05, 4.69) is 36.2 Å². The third-order valence-electron chi connectivity index (χ3n) is 6.02. The van der Waals surface area contributed by atoms with E-state index in [1.54, 1.807) is 7.11 Å². The first kappa shape index (κ1) is 20.4. The zero-order chi connectivity index (χ0) is 20.3. The largest absolute Gasteiger partial charge is 0.496 e. The first-order chi connectivity index (χ1) is 13.3. The van der Waals surface area contributed by atoms with Crippen LogP contribution in [0, 0.1) is 13.8 Å². The fraction of sp³-hybridized carbons (Fsp3) is 0.458. The first-order valence-corrected chi connectivity index (χ1v) is 10.1. The van der Waals surface area contributed by atoms with Crippen molar-refractivity contribution < 1.29 is 9.53 Å². The monoisotopic (exact) mass is 380 g/mol. The molecule has 4 heteroatoms. The number of aryl methyl sites for hydroxylation is 2. The van der Waals surface area contributed by atoms with Crippen LogP contribution in [-0.2, 0) is 0 Å². The lowest BCUT2D eigenvalue weighted by Crippen LogP contribution is -2.52. The number of carbonyl (C=O) groups excluding carboxylic acids is 1. The normalized spacial score (nSPS) is 16.0. The molecule has 2 aromatic rings. The van der Waals surface area contributed by atoms with E-state index < -0.39 is 0 Å². The molecule has 1 amide bonds. The van der Waals surface area contributed by atoms with Crippen LogP contribution in [0.4, 0.5) is 0 Å². The van der Waals surface area contributed by atoms with Gasteiger partial charge in [-0.1, -0.05) is 30.3 Å². The van der Waals surface area contributed by atoms with Crippen LogP contribution >= 0.6 is 0 Å². The third kappa shape index (κ3) is 4.07. The molecule has 1 N–H and O–H groups in total. The van der Waals surface area contributed by atoms with E-state index in [0.29, 0.717) is 5.56 Å². The summed E-state index contributed by atoms with van der Waals surface area (Å²) in [6.07, 6.45) is 2.44. The maximum atomic E-state index is 13.3. The van der Waals surface area contributed by atoms with E-state index in [4.69, 9.17) is 4.74 Å². The molecule has 0 radical (unpaired) electrons. The number of hydrogen-bond donors (Lipinski definition) is 1. The molecule has 1 unspecified atom stereocenters. The summed E-state index contributed by atoms with van der Waals surface area (Å²) in [5, 5.41) is 3.35. The fourth-order valence-corrected chi connectivity index (χ4v) is 4.25. The van der Waals surface area contributed by atoms with Crippen molar-refractivity contribution >= 4 is 5.91 Å². The Hall–Kier alpha value is -2.33. The van der Waals surface area contributed by atoms with Gasteiger partial charge in [0.25, 0.3) is 5.91 Å². The summed E-state index contributed by atoms with van der Waals surface area (Å²) in [5.41, 5.74) is 3.55. The standard InChI is InChI=1S/C24H32N2O2/c1-17-16-21(28-5)18(2)15-20(17)23(27)25-22(19-11-7-6-8-12-19)24(3,4)26-13-9-10-14-26/h6-8,11-12,15-16,22H,9-10,13-14H2,1-5H3,(H,25,27). The fourth-order valence-electron chi connectivity index (χ4n) is 4.25. The van der Waals surface area contributed by atoms with E-state index in [1.165, 1.54) is 12.8 Å². The van der Waals surface area contributed by atoms with Gasteiger partial charge in [-0.3, -0.25) is 9.69 Å². The van der Waals surface area contributed by atoms with Crippen LogP contribution in [0.2, 0.25) is 0 Å². The smallest absolute Gasteiger partial charge is 0.252 e. The lowest BCUT2D eigenvalue weighted by Gasteiger charge is -2.42. The van der Waals surface area contributed by atoms with Crippen molar-refractivity contribution in [3.05, 3.63) is 64.7 Å². The number of nitrogens with one attached hydrogen (secondary N) is 1. The van der Waals surface area contributed by atoms with Crippen LogP contribution in [0.3, 0.4) is 0 Å². The molecule has 3 rings (SSSR count). The predicted octanol–water partition coefficient (Wildman–Crippen LogP) is 4.66. The van der Waals surface area contributed by atoms with Gasteiger partial charge in [0, 0.05) is 11.1 Å². The summed E-state index contributed by atoms with van der Waals surface area (Å²) < 4.78 is 5.39. The molecular formula is C24H32N2O2. The zero-order valence-corrected chi connectivity index (χ0v) is 17.7. The van der Waals surface area contributed by atoms with Gasteiger partial charge in [-0.2, -0.15) is 0 Å². The van der Waals surface area contributed by atoms with E-state index in [1.807, 2.05) is 44.2 Å². The number of carbonyl (C=O) groups is 1. The minimum atomic E-state index is -0.178. The molecule has 0 aromatic heterocycles. The van der Waals surface area contributed by atoms with Crippen molar-refractivity contribution in [1.29, 1.82) is 0 Å². The van der Waals surface area contributed by atoms with Gasteiger partial charge in [0.05, 0.1) is 13.2 Å². The van der Waals surface area contributed by atoms with Crippen LogP contribution in [0.5, 0.6) is 5.75 Å². The molecule has 0 saturated carbocycles. The van der Waals surface area contributed by atoms with Gasteiger partial charge in [-0.05, 0) is 82.4 Å². The summed E-state index contributed by atoms with van der Waals surface area (Å²) in [7, 11) is 1.66.